The highest BCUT2D eigenvalue weighted by Crippen LogP contribution is 2.35. The maximum atomic E-state index is 10.7. The summed E-state index contributed by atoms with van der Waals surface area (Å²) in [5.41, 5.74) is 7.30. The van der Waals surface area contributed by atoms with Gasteiger partial charge in [-0.15, -0.1) is 0 Å². The number of hydrogen-bond donors (Lipinski definition) is 2. The third kappa shape index (κ3) is 2.34. The SMILES string of the molecule is Cc1c(CC(N)C(=O)O)ccc2c1OCCO2. The van der Waals surface area contributed by atoms with Gasteiger partial charge in [-0.1, -0.05) is 6.07 Å². The first kappa shape index (κ1) is 11.7. The fraction of sp³-hybridized carbons (Fsp3) is 0.417. The summed E-state index contributed by atoms with van der Waals surface area (Å²) in [6, 6.07) is 2.74. The van der Waals surface area contributed by atoms with Gasteiger partial charge in [0, 0.05) is 0 Å². The van der Waals surface area contributed by atoms with E-state index in [9.17, 15) is 4.79 Å². The molecule has 1 aliphatic heterocycles. The number of rotatable bonds is 3. The third-order valence-electron chi connectivity index (χ3n) is 2.83. The maximum absolute atomic E-state index is 10.7. The molecular weight excluding hydrogens is 222 g/mol. The van der Waals surface area contributed by atoms with E-state index < -0.39 is 12.0 Å². The molecule has 0 saturated heterocycles. The van der Waals surface area contributed by atoms with Crippen molar-refractivity contribution in [3.63, 3.8) is 0 Å². The molecule has 0 aliphatic carbocycles. The van der Waals surface area contributed by atoms with Crippen LogP contribution in [0.5, 0.6) is 11.5 Å². The van der Waals surface area contributed by atoms with Crippen molar-refractivity contribution in [1.82, 2.24) is 0 Å². The fourth-order valence-corrected chi connectivity index (χ4v) is 1.84. The number of carbonyl (C=O) groups is 1. The van der Waals surface area contributed by atoms with E-state index in [1.165, 1.54) is 0 Å². The Balaban J connectivity index is 2.27. The van der Waals surface area contributed by atoms with Crippen LogP contribution >= 0.6 is 0 Å². The summed E-state index contributed by atoms with van der Waals surface area (Å²) in [4.78, 5) is 10.7. The number of nitrogens with two attached hydrogens (primary N) is 1. The predicted molar refractivity (Wildman–Crippen MR) is 61.5 cm³/mol. The maximum Gasteiger partial charge on any atom is 0.320 e. The van der Waals surface area contributed by atoms with Crippen LogP contribution in [-0.4, -0.2) is 30.3 Å². The Bertz CT molecular complexity index is 444. The number of hydrogen-bond acceptors (Lipinski definition) is 4. The van der Waals surface area contributed by atoms with Gasteiger partial charge < -0.3 is 20.3 Å². The van der Waals surface area contributed by atoms with Gasteiger partial charge >= 0.3 is 5.97 Å². The van der Waals surface area contributed by atoms with E-state index in [2.05, 4.69) is 0 Å². The van der Waals surface area contributed by atoms with Crippen LogP contribution in [0, 0.1) is 6.92 Å². The third-order valence-corrected chi connectivity index (χ3v) is 2.83. The van der Waals surface area contributed by atoms with Crippen molar-refractivity contribution < 1.29 is 19.4 Å². The summed E-state index contributed by atoms with van der Waals surface area (Å²) < 4.78 is 11.0. The van der Waals surface area contributed by atoms with Gasteiger partial charge in [-0.05, 0) is 30.5 Å². The van der Waals surface area contributed by atoms with Gasteiger partial charge in [0.1, 0.15) is 19.3 Å². The normalized spacial score (nSPS) is 15.4. The molecule has 0 saturated carbocycles. The minimum atomic E-state index is -1.00. The Hall–Kier alpha value is -1.75. The Morgan fingerprint density at radius 1 is 1.47 bits per heavy atom. The van der Waals surface area contributed by atoms with Crippen molar-refractivity contribution in [3.05, 3.63) is 23.3 Å². The second-order valence-electron chi connectivity index (χ2n) is 4.02. The van der Waals surface area contributed by atoms with E-state index >= 15 is 0 Å². The molecule has 0 bridgehead atoms. The van der Waals surface area contributed by atoms with Gasteiger partial charge in [0.2, 0.25) is 0 Å². The van der Waals surface area contributed by atoms with Gasteiger partial charge in [-0.2, -0.15) is 0 Å². The van der Waals surface area contributed by atoms with E-state index in [1.807, 2.05) is 13.0 Å². The summed E-state index contributed by atoms with van der Waals surface area (Å²) >= 11 is 0. The molecule has 1 heterocycles. The van der Waals surface area contributed by atoms with Crippen molar-refractivity contribution >= 4 is 5.97 Å². The molecule has 1 aromatic carbocycles. The zero-order valence-corrected chi connectivity index (χ0v) is 9.60. The largest absolute Gasteiger partial charge is 0.486 e. The molecule has 5 nitrogen and oxygen atoms in total. The number of benzene rings is 1. The number of carboxylic acid groups (broad SMARTS) is 1. The standard InChI is InChI=1S/C12H15NO4/c1-7-8(6-9(13)12(14)15)2-3-10-11(7)17-5-4-16-10/h2-3,9H,4-6,13H2,1H3,(H,14,15). The summed E-state index contributed by atoms with van der Waals surface area (Å²) in [6.07, 6.45) is 0.289. The average molecular weight is 237 g/mol. The topological polar surface area (TPSA) is 81.8 Å². The molecule has 3 N–H and O–H groups in total. The second kappa shape index (κ2) is 4.63. The van der Waals surface area contributed by atoms with Crippen molar-refractivity contribution in [2.75, 3.05) is 13.2 Å². The average Bonchev–Trinajstić information content (AvgIpc) is 2.33. The number of aliphatic carboxylic acids is 1. The summed E-state index contributed by atoms with van der Waals surface area (Å²) in [5, 5.41) is 8.79. The molecule has 0 fully saturated rings. The van der Waals surface area contributed by atoms with Crippen molar-refractivity contribution in [2.45, 2.75) is 19.4 Å². The van der Waals surface area contributed by atoms with Gasteiger partial charge in [-0.3, -0.25) is 4.79 Å². The van der Waals surface area contributed by atoms with E-state index in [1.54, 1.807) is 6.07 Å². The van der Waals surface area contributed by atoms with Crippen molar-refractivity contribution in [1.29, 1.82) is 0 Å². The zero-order chi connectivity index (χ0) is 12.4. The Morgan fingerprint density at radius 2 is 2.18 bits per heavy atom. The number of fused-ring (bicyclic) bond motifs is 1. The smallest absolute Gasteiger partial charge is 0.320 e. The molecule has 2 rings (SSSR count). The van der Waals surface area contributed by atoms with Crippen molar-refractivity contribution in [2.24, 2.45) is 5.73 Å². The van der Waals surface area contributed by atoms with E-state index in [0.29, 0.717) is 24.7 Å². The predicted octanol–water partition coefficient (Wildman–Crippen LogP) is 0.721. The van der Waals surface area contributed by atoms with Gasteiger partial charge in [0.05, 0.1) is 0 Å². The molecule has 0 aromatic heterocycles. The van der Waals surface area contributed by atoms with Crippen LogP contribution < -0.4 is 15.2 Å². The summed E-state index contributed by atoms with van der Waals surface area (Å²) in [7, 11) is 0. The fourth-order valence-electron chi connectivity index (χ4n) is 1.84. The minimum Gasteiger partial charge on any atom is -0.486 e. The molecule has 17 heavy (non-hydrogen) atoms. The molecule has 1 unspecified atom stereocenters. The molecule has 0 amide bonds. The summed E-state index contributed by atoms with van der Waals surface area (Å²) in [6.45, 7) is 2.94. The number of ether oxygens (including phenoxy) is 2. The Morgan fingerprint density at radius 3 is 2.88 bits per heavy atom. The van der Waals surface area contributed by atoms with E-state index in [4.69, 9.17) is 20.3 Å². The van der Waals surface area contributed by atoms with E-state index in [-0.39, 0.29) is 6.42 Å². The quantitative estimate of drug-likeness (QED) is 0.809. The first-order chi connectivity index (χ1) is 8.09. The first-order valence-corrected chi connectivity index (χ1v) is 5.46. The molecule has 92 valence electrons. The Labute approximate surface area is 99.1 Å². The van der Waals surface area contributed by atoms with Crippen LogP contribution in [0.1, 0.15) is 11.1 Å². The highest BCUT2D eigenvalue weighted by Gasteiger charge is 2.19. The molecule has 1 aromatic rings. The van der Waals surface area contributed by atoms with Gasteiger partial charge in [-0.25, -0.2) is 0 Å². The van der Waals surface area contributed by atoms with Crippen LogP contribution in [0.15, 0.2) is 12.1 Å². The van der Waals surface area contributed by atoms with Crippen LogP contribution in [0.25, 0.3) is 0 Å². The monoisotopic (exact) mass is 237 g/mol. The summed E-state index contributed by atoms with van der Waals surface area (Å²) in [5.74, 6) is 0.409. The van der Waals surface area contributed by atoms with Gasteiger partial charge in [0.15, 0.2) is 11.5 Å². The zero-order valence-electron chi connectivity index (χ0n) is 9.60. The van der Waals surface area contributed by atoms with Crippen LogP contribution in [0.3, 0.4) is 0 Å². The Kier molecular flexibility index (Phi) is 3.19. The molecule has 1 aliphatic rings. The second-order valence-corrected chi connectivity index (χ2v) is 4.02. The molecule has 1 atom stereocenters. The first-order valence-electron chi connectivity index (χ1n) is 5.46. The van der Waals surface area contributed by atoms with Crippen LogP contribution in [0.4, 0.5) is 0 Å². The molecule has 5 heteroatoms. The van der Waals surface area contributed by atoms with Crippen molar-refractivity contribution in [3.8, 4) is 11.5 Å². The lowest BCUT2D eigenvalue weighted by atomic mass is 10.00. The number of carboxylic acids is 1. The molecule has 0 radical (unpaired) electrons. The lowest BCUT2D eigenvalue weighted by molar-refractivity contribution is -0.138. The van der Waals surface area contributed by atoms with E-state index in [0.717, 1.165) is 11.1 Å². The highest BCUT2D eigenvalue weighted by molar-refractivity contribution is 5.73. The highest BCUT2D eigenvalue weighted by atomic mass is 16.6. The van der Waals surface area contributed by atoms with Crippen LogP contribution in [-0.2, 0) is 11.2 Å². The lowest BCUT2D eigenvalue weighted by Gasteiger charge is -2.22. The van der Waals surface area contributed by atoms with Gasteiger partial charge in [0.25, 0.3) is 0 Å². The molecular formula is C12H15NO4. The van der Waals surface area contributed by atoms with Crippen LogP contribution in [0.2, 0.25) is 0 Å². The minimum absolute atomic E-state index is 0.289. The lowest BCUT2D eigenvalue weighted by Crippen LogP contribution is -2.32. The molecule has 0 spiro atoms.